The van der Waals surface area contributed by atoms with E-state index in [-0.39, 0.29) is 11.8 Å². The van der Waals surface area contributed by atoms with Crippen LogP contribution >= 0.6 is 22.7 Å². The van der Waals surface area contributed by atoms with Crippen LogP contribution in [0.1, 0.15) is 30.6 Å². The van der Waals surface area contributed by atoms with Gasteiger partial charge in [-0.2, -0.15) is 0 Å². The van der Waals surface area contributed by atoms with Gasteiger partial charge in [-0.25, -0.2) is 4.98 Å². The van der Waals surface area contributed by atoms with Gasteiger partial charge in [0.25, 0.3) is 11.8 Å². The van der Waals surface area contributed by atoms with Gasteiger partial charge in [0, 0.05) is 17.8 Å². The SMILES string of the molecule is Cc1nc2ccc(NC(=O)c3ccc(CNC(=O)c4cccs4)cc3)cc2s1. The van der Waals surface area contributed by atoms with Gasteiger partial charge in [0.05, 0.1) is 20.1 Å². The quantitative estimate of drug-likeness (QED) is 0.497. The molecule has 2 amide bonds. The summed E-state index contributed by atoms with van der Waals surface area (Å²) in [5.41, 5.74) is 3.18. The Morgan fingerprint density at radius 1 is 1.04 bits per heavy atom. The van der Waals surface area contributed by atoms with Crippen molar-refractivity contribution in [3.05, 3.63) is 81.0 Å². The number of fused-ring (bicyclic) bond motifs is 1. The zero-order valence-electron chi connectivity index (χ0n) is 15.1. The molecule has 4 aromatic rings. The van der Waals surface area contributed by atoms with Crippen LogP contribution in [0.25, 0.3) is 10.2 Å². The molecule has 2 heterocycles. The maximum Gasteiger partial charge on any atom is 0.261 e. The molecule has 0 bridgehead atoms. The molecule has 0 saturated heterocycles. The van der Waals surface area contributed by atoms with Crippen molar-refractivity contribution in [2.24, 2.45) is 0 Å². The molecule has 28 heavy (non-hydrogen) atoms. The summed E-state index contributed by atoms with van der Waals surface area (Å²) in [7, 11) is 0. The topological polar surface area (TPSA) is 71.1 Å². The van der Waals surface area contributed by atoms with Gasteiger partial charge in [-0.15, -0.1) is 22.7 Å². The molecule has 0 fully saturated rings. The number of hydrogen-bond acceptors (Lipinski definition) is 5. The molecule has 0 aliphatic rings. The highest BCUT2D eigenvalue weighted by molar-refractivity contribution is 7.18. The zero-order chi connectivity index (χ0) is 19.5. The summed E-state index contributed by atoms with van der Waals surface area (Å²) in [5, 5.41) is 8.67. The second-order valence-corrected chi connectivity index (χ2v) is 8.41. The maximum absolute atomic E-state index is 12.5. The fourth-order valence-electron chi connectivity index (χ4n) is 2.77. The molecule has 140 valence electrons. The van der Waals surface area contributed by atoms with E-state index >= 15 is 0 Å². The number of rotatable bonds is 5. The third-order valence-corrected chi connectivity index (χ3v) is 5.97. The van der Waals surface area contributed by atoms with Crippen LogP contribution in [-0.2, 0) is 6.54 Å². The van der Waals surface area contributed by atoms with Crippen LogP contribution in [0.3, 0.4) is 0 Å². The van der Waals surface area contributed by atoms with Crippen molar-refractivity contribution < 1.29 is 9.59 Å². The first-order chi connectivity index (χ1) is 13.6. The van der Waals surface area contributed by atoms with Gasteiger partial charge in [-0.05, 0) is 54.3 Å². The predicted molar refractivity (Wildman–Crippen MR) is 114 cm³/mol. The minimum Gasteiger partial charge on any atom is -0.347 e. The first-order valence-electron chi connectivity index (χ1n) is 8.68. The standard InChI is InChI=1S/C21H17N3O2S2/c1-13-23-17-9-8-16(11-19(17)28-13)24-20(25)15-6-4-14(5-7-15)12-22-21(26)18-3-2-10-27-18/h2-11H,12H2,1H3,(H,22,26)(H,24,25). The summed E-state index contributed by atoms with van der Waals surface area (Å²) in [5.74, 6) is -0.264. The number of hydrogen-bond donors (Lipinski definition) is 2. The normalized spacial score (nSPS) is 10.8. The number of anilines is 1. The summed E-state index contributed by atoms with van der Waals surface area (Å²) in [6.45, 7) is 2.38. The minimum absolute atomic E-state index is 0.0921. The zero-order valence-corrected chi connectivity index (χ0v) is 16.7. The van der Waals surface area contributed by atoms with E-state index in [2.05, 4.69) is 15.6 Å². The lowest BCUT2D eigenvalue weighted by molar-refractivity contribution is 0.0953. The van der Waals surface area contributed by atoms with E-state index in [0.29, 0.717) is 17.0 Å². The van der Waals surface area contributed by atoms with Gasteiger partial charge < -0.3 is 10.6 Å². The van der Waals surface area contributed by atoms with Crippen LogP contribution in [0, 0.1) is 6.92 Å². The van der Waals surface area contributed by atoms with Crippen LogP contribution in [-0.4, -0.2) is 16.8 Å². The van der Waals surface area contributed by atoms with Crippen molar-refractivity contribution in [1.82, 2.24) is 10.3 Å². The smallest absolute Gasteiger partial charge is 0.261 e. The number of thiophene rings is 1. The highest BCUT2D eigenvalue weighted by atomic mass is 32.1. The predicted octanol–water partition coefficient (Wildman–Crippen LogP) is 4.85. The summed E-state index contributed by atoms with van der Waals surface area (Å²) < 4.78 is 1.05. The summed E-state index contributed by atoms with van der Waals surface area (Å²) in [6.07, 6.45) is 0. The van der Waals surface area contributed by atoms with Crippen LogP contribution in [0.2, 0.25) is 0 Å². The molecule has 0 aliphatic carbocycles. The molecular weight excluding hydrogens is 390 g/mol. The van der Waals surface area contributed by atoms with Crippen LogP contribution in [0.4, 0.5) is 5.69 Å². The van der Waals surface area contributed by atoms with Crippen molar-refractivity contribution in [2.45, 2.75) is 13.5 Å². The summed E-state index contributed by atoms with van der Waals surface area (Å²) in [6, 6.07) is 16.6. The van der Waals surface area contributed by atoms with Gasteiger partial charge in [-0.3, -0.25) is 9.59 Å². The molecule has 2 aromatic heterocycles. The molecule has 5 nitrogen and oxygen atoms in total. The third-order valence-electron chi connectivity index (χ3n) is 4.17. The Hall–Kier alpha value is -3.03. The Balaban J connectivity index is 1.38. The molecule has 0 unspecified atom stereocenters. The Morgan fingerprint density at radius 3 is 2.61 bits per heavy atom. The van der Waals surface area contributed by atoms with Gasteiger partial charge in [-0.1, -0.05) is 18.2 Å². The van der Waals surface area contributed by atoms with E-state index < -0.39 is 0 Å². The van der Waals surface area contributed by atoms with Crippen molar-refractivity contribution in [3.8, 4) is 0 Å². The maximum atomic E-state index is 12.5. The number of benzene rings is 2. The molecule has 0 saturated carbocycles. The number of nitrogens with zero attached hydrogens (tertiary/aromatic N) is 1. The molecule has 2 N–H and O–H groups in total. The first kappa shape index (κ1) is 18.3. The molecule has 4 rings (SSSR count). The number of aromatic nitrogens is 1. The highest BCUT2D eigenvalue weighted by Gasteiger charge is 2.09. The number of carbonyl (C=O) groups excluding carboxylic acids is 2. The van der Waals surface area contributed by atoms with Gasteiger partial charge >= 0.3 is 0 Å². The van der Waals surface area contributed by atoms with E-state index in [0.717, 1.165) is 26.5 Å². The Labute approximate surface area is 170 Å². The van der Waals surface area contributed by atoms with E-state index in [9.17, 15) is 9.59 Å². The van der Waals surface area contributed by atoms with Crippen molar-refractivity contribution in [1.29, 1.82) is 0 Å². The lowest BCUT2D eigenvalue weighted by Crippen LogP contribution is -2.21. The van der Waals surface area contributed by atoms with E-state index in [1.165, 1.54) is 11.3 Å². The van der Waals surface area contributed by atoms with Crippen LogP contribution < -0.4 is 10.6 Å². The molecule has 2 aromatic carbocycles. The van der Waals surface area contributed by atoms with E-state index in [1.807, 2.05) is 48.7 Å². The average molecular weight is 408 g/mol. The molecule has 0 spiro atoms. The Bertz CT molecular complexity index is 1130. The molecule has 0 aliphatic heterocycles. The van der Waals surface area contributed by atoms with Gasteiger partial charge in [0.2, 0.25) is 0 Å². The molecule has 7 heteroatoms. The van der Waals surface area contributed by atoms with E-state index in [1.54, 1.807) is 29.5 Å². The van der Waals surface area contributed by atoms with Gasteiger partial charge in [0.1, 0.15) is 0 Å². The molecular formula is C21H17N3O2S2. The van der Waals surface area contributed by atoms with Crippen LogP contribution in [0.5, 0.6) is 0 Å². The van der Waals surface area contributed by atoms with E-state index in [4.69, 9.17) is 0 Å². The highest BCUT2D eigenvalue weighted by Crippen LogP contribution is 2.25. The molecule has 0 atom stereocenters. The van der Waals surface area contributed by atoms with Crippen LogP contribution in [0.15, 0.2) is 60.0 Å². The Kier molecular flexibility index (Phi) is 5.18. The van der Waals surface area contributed by atoms with Gasteiger partial charge in [0.15, 0.2) is 0 Å². The van der Waals surface area contributed by atoms with Crippen molar-refractivity contribution in [3.63, 3.8) is 0 Å². The number of amides is 2. The Morgan fingerprint density at radius 2 is 1.86 bits per heavy atom. The third kappa shape index (κ3) is 4.11. The lowest BCUT2D eigenvalue weighted by Gasteiger charge is -2.07. The van der Waals surface area contributed by atoms with Crippen molar-refractivity contribution >= 4 is 50.4 Å². The fourth-order valence-corrected chi connectivity index (χ4v) is 4.28. The number of aryl methyl sites for hydroxylation is 1. The number of nitrogens with one attached hydrogen (secondary N) is 2. The second kappa shape index (κ2) is 7.92. The fraction of sp³-hybridized carbons (Fsp3) is 0.0952. The lowest BCUT2D eigenvalue weighted by atomic mass is 10.1. The summed E-state index contributed by atoms with van der Waals surface area (Å²) >= 11 is 3.01. The monoisotopic (exact) mass is 407 g/mol. The number of carbonyl (C=O) groups is 2. The first-order valence-corrected chi connectivity index (χ1v) is 10.4. The minimum atomic E-state index is -0.172. The largest absolute Gasteiger partial charge is 0.347 e. The second-order valence-electron chi connectivity index (χ2n) is 6.23. The average Bonchev–Trinajstić information content (AvgIpc) is 3.35. The van der Waals surface area contributed by atoms with Crippen molar-refractivity contribution in [2.75, 3.05) is 5.32 Å². The number of thiazole rings is 1. The summed E-state index contributed by atoms with van der Waals surface area (Å²) in [4.78, 5) is 29.6. The molecule has 0 radical (unpaired) electrons.